The van der Waals surface area contributed by atoms with Crippen molar-refractivity contribution in [1.29, 1.82) is 0 Å². The summed E-state index contributed by atoms with van der Waals surface area (Å²) in [4.78, 5) is 33.2. The average molecular weight is 749 g/mol. The molecule has 8 rings (SSSR count). The molecule has 2 unspecified atom stereocenters. The van der Waals surface area contributed by atoms with Gasteiger partial charge in [-0.25, -0.2) is 8.78 Å². The maximum Gasteiger partial charge on any atom is 0.191 e. The summed E-state index contributed by atoms with van der Waals surface area (Å²) in [7, 11) is 2.95. The average Bonchev–Trinajstić information content (AvgIpc) is 3.87. The second-order valence-corrected chi connectivity index (χ2v) is 13.0. The molecule has 0 saturated heterocycles. The number of benzene rings is 6. The fourth-order valence-corrected chi connectivity index (χ4v) is 6.61. The van der Waals surface area contributed by atoms with Crippen LogP contribution >= 0.6 is 0 Å². The first-order valence-corrected chi connectivity index (χ1v) is 17.8. The molecule has 0 radical (unpaired) electrons. The van der Waals surface area contributed by atoms with Gasteiger partial charge in [0.15, 0.2) is 11.6 Å². The molecule has 2 heterocycles. The van der Waals surface area contributed by atoms with Gasteiger partial charge >= 0.3 is 0 Å². The fourth-order valence-electron chi connectivity index (χ4n) is 6.61. The number of anilines is 2. The van der Waals surface area contributed by atoms with Crippen molar-refractivity contribution in [1.82, 2.24) is 9.97 Å². The predicted molar refractivity (Wildman–Crippen MR) is 217 cm³/mol. The lowest BCUT2D eigenvalue weighted by Crippen LogP contribution is -2.21. The Hall–Kier alpha value is -7.20. The standard InChI is InChI=1S/2C23H19FN2O2/c2*1-28-18-12-16(24)11-17(13-18)26-22(15-7-3-2-4-8-15)23(27)20-14-25-21-10-6-5-9-19(20)21/h2*2-14,22,25-26H,1H3. The first kappa shape index (κ1) is 37.1. The lowest BCUT2D eigenvalue weighted by Gasteiger charge is -2.20. The molecule has 0 aliphatic carbocycles. The van der Waals surface area contributed by atoms with Gasteiger partial charge < -0.3 is 30.1 Å². The molecular formula is C46H38F2N4O4. The minimum atomic E-state index is -0.674. The van der Waals surface area contributed by atoms with Crippen LogP contribution < -0.4 is 20.1 Å². The molecular weight excluding hydrogens is 711 g/mol. The molecule has 10 heteroatoms. The van der Waals surface area contributed by atoms with Crippen molar-refractivity contribution < 1.29 is 27.8 Å². The van der Waals surface area contributed by atoms with Gasteiger partial charge in [0.2, 0.25) is 0 Å². The lowest BCUT2D eigenvalue weighted by atomic mass is 9.96. The number of H-pyrrole nitrogens is 2. The van der Waals surface area contributed by atoms with Crippen LogP contribution in [-0.4, -0.2) is 35.8 Å². The van der Waals surface area contributed by atoms with E-state index in [0.717, 1.165) is 32.9 Å². The van der Waals surface area contributed by atoms with Gasteiger partial charge in [-0.1, -0.05) is 97.1 Å². The van der Waals surface area contributed by atoms with Gasteiger partial charge in [0, 0.05) is 81.0 Å². The minimum absolute atomic E-state index is 0.105. The number of para-hydroxylation sites is 2. The second-order valence-electron chi connectivity index (χ2n) is 13.0. The largest absolute Gasteiger partial charge is 0.497 e. The van der Waals surface area contributed by atoms with Crippen LogP contribution in [0.15, 0.2) is 158 Å². The quantitative estimate of drug-likeness (QED) is 0.0927. The van der Waals surface area contributed by atoms with E-state index in [4.69, 9.17) is 9.47 Å². The van der Waals surface area contributed by atoms with E-state index in [1.165, 1.54) is 38.5 Å². The number of methoxy groups -OCH3 is 2. The number of ketones is 2. The summed E-state index contributed by atoms with van der Waals surface area (Å²) in [5.41, 5.74) is 5.48. The lowest BCUT2D eigenvalue weighted by molar-refractivity contribution is 0.0963. The third-order valence-corrected chi connectivity index (χ3v) is 9.34. The van der Waals surface area contributed by atoms with Crippen molar-refractivity contribution in [2.24, 2.45) is 0 Å². The van der Waals surface area contributed by atoms with Crippen LogP contribution in [0.2, 0.25) is 0 Å². The Morgan fingerprint density at radius 3 is 1.29 bits per heavy atom. The van der Waals surface area contributed by atoms with E-state index in [-0.39, 0.29) is 11.6 Å². The molecule has 0 aliphatic heterocycles. The van der Waals surface area contributed by atoms with Gasteiger partial charge in [-0.05, 0) is 35.4 Å². The van der Waals surface area contributed by atoms with Crippen LogP contribution in [0.1, 0.15) is 43.9 Å². The molecule has 8 nitrogen and oxygen atoms in total. The molecule has 0 saturated carbocycles. The number of Topliss-reactive ketones (excluding diaryl/α,β-unsaturated/α-hetero) is 2. The highest BCUT2D eigenvalue weighted by atomic mass is 19.1. The van der Waals surface area contributed by atoms with Crippen molar-refractivity contribution in [2.75, 3.05) is 24.9 Å². The van der Waals surface area contributed by atoms with Gasteiger partial charge in [0.1, 0.15) is 35.2 Å². The number of nitrogens with one attached hydrogen (secondary N) is 4. The Balaban J connectivity index is 0.000000172. The third-order valence-electron chi connectivity index (χ3n) is 9.34. The summed E-state index contributed by atoms with van der Waals surface area (Å²) in [5, 5.41) is 8.07. The fraction of sp³-hybridized carbons (Fsp3) is 0.0870. The third kappa shape index (κ3) is 8.29. The summed E-state index contributed by atoms with van der Waals surface area (Å²) in [6.45, 7) is 0. The van der Waals surface area contributed by atoms with E-state index in [0.29, 0.717) is 34.0 Å². The van der Waals surface area contributed by atoms with E-state index >= 15 is 0 Å². The van der Waals surface area contributed by atoms with Crippen molar-refractivity contribution in [3.63, 3.8) is 0 Å². The predicted octanol–water partition coefficient (Wildman–Crippen LogP) is 10.7. The molecule has 0 bridgehead atoms. The molecule has 0 fully saturated rings. The highest BCUT2D eigenvalue weighted by Crippen LogP contribution is 2.31. The summed E-state index contributed by atoms with van der Waals surface area (Å²) < 4.78 is 38.2. The van der Waals surface area contributed by atoms with Crippen LogP contribution in [0.25, 0.3) is 21.8 Å². The maximum atomic E-state index is 13.9. The van der Waals surface area contributed by atoms with Crippen LogP contribution in [-0.2, 0) is 0 Å². The van der Waals surface area contributed by atoms with Crippen LogP contribution in [0, 0.1) is 11.6 Å². The number of carbonyl (C=O) groups is 2. The molecule has 0 amide bonds. The Kier molecular flexibility index (Phi) is 11.2. The number of aromatic amines is 2. The number of hydrogen-bond donors (Lipinski definition) is 4. The number of rotatable bonds is 12. The number of fused-ring (bicyclic) bond motifs is 2. The number of ether oxygens (including phenoxy) is 2. The number of halogens is 2. The van der Waals surface area contributed by atoms with Crippen LogP contribution in [0.4, 0.5) is 20.2 Å². The highest BCUT2D eigenvalue weighted by molar-refractivity contribution is 6.12. The first-order chi connectivity index (χ1) is 27.3. The Bertz CT molecular complexity index is 2420. The summed E-state index contributed by atoms with van der Waals surface area (Å²) in [5.74, 6) is -0.317. The summed E-state index contributed by atoms with van der Waals surface area (Å²) in [6, 6.07) is 41.4. The minimum Gasteiger partial charge on any atom is -0.497 e. The zero-order valence-corrected chi connectivity index (χ0v) is 30.6. The zero-order valence-electron chi connectivity index (χ0n) is 30.6. The Morgan fingerprint density at radius 2 is 0.893 bits per heavy atom. The van der Waals surface area contributed by atoms with E-state index in [1.807, 2.05) is 109 Å². The normalized spacial score (nSPS) is 11.9. The highest BCUT2D eigenvalue weighted by Gasteiger charge is 2.26. The maximum absolute atomic E-state index is 13.9. The molecule has 4 N–H and O–H groups in total. The van der Waals surface area contributed by atoms with Crippen LogP contribution in [0.5, 0.6) is 11.5 Å². The first-order valence-electron chi connectivity index (χ1n) is 17.8. The second kappa shape index (κ2) is 16.9. The van der Waals surface area contributed by atoms with Crippen molar-refractivity contribution >= 4 is 44.7 Å². The Morgan fingerprint density at radius 1 is 0.518 bits per heavy atom. The zero-order chi connectivity index (χ0) is 39.0. The smallest absolute Gasteiger partial charge is 0.191 e. The molecule has 6 aromatic carbocycles. The topological polar surface area (TPSA) is 108 Å². The van der Waals surface area contributed by atoms with E-state index in [1.54, 1.807) is 24.5 Å². The van der Waals surface area contributed by atoms with Gasteiger partial charge in [-0.2, -0.15) is 0 Å². The number of aromatic nitrogens is 2. The molecule has 0 aliphatic rings. The molecule has 280 valence electrons. The molecule has 8 aromatic rings. The monoisotopic (exact) mass is 748 g/mol. The number of carbonyl (C=O) groups excluding carboxylic acids is 2. The van der Waals surface area contributed by atoms with Crippen LogP contribution in [0.3, 0.4) is 0 Å². The summed E-state index contributed by atoms with van der Waals surface area (Å²) in [6.07, 6.45) is 3.44. The summed E-state index contributed by atoms with van der Waals surface area (Å²) >= 11 is 0. The van der Waals surface area contributed by atoms with E-state index in [2.05, 4.69) is 20.6 Å². The SMILES string of the molecule is COc1cc(F)cc(NC(C(=O)c2c[nH]c3ccccc23)c2ccccc2)c1.COc1cc(F)cc(NC(C(=O)c2c[nH]c3ccccc23)c2ccccc2)c1. The van der Waals surface area contributed by atoms with Gasteiger partial charge in [-0.15, -0.1) is 0 Å². The molecule has 2 aromatic heterocycles. The van der Waals surface area contributed by atoms with Crippen molar-refractivity contribution in [3.05, 3.63) is 192 Å². The van der Waals surface area contributed by atoms with Gasteiger partial charge in [-0.3, -0.25) is 9.59 Å². The Labute approximate surface area is 322 Å². The van der Waals surface area contributed by atoms with E-state index < -0.39 is 23.7 Å². The van der Waals surface area contributed by atoms with E-state index in [9.17, 15) is 18.4 Å². The van der Waals surface area contributed by atoms with Gasteiger partial charge in [0.25, 0.3) is 0 Å². The molecule has 0 spiro atoms. The van der Waals surface area contributed by atoms with Crippen molar-refractivity contribution in [3.8, 4) is 11.5 Å². The molecule has 56 heavy (non-hydrogen) atoms. The van der Waals surface area contributed by atoms with Crippen molar-refractivity contribution in [2.45, 2.75) is 12.1 Å². The number of hydrogen-bond acceptors (Lipinski definition) is 6. The molecule has 2 atom stereocenters. The van der Waals surface area contributed by atoms with Gasteiger partial charge in [0.05, 0.1) is 14.2 Å².